The van der Waals surface area contributed by atoms with Crippen LogP contribution in [-0.4, -0.2) is 65.1 Å². The summed E-state index contributed by atoms with van der Waals surface area (Å²) >= 11 is 5.72. The Hall–Kier alpha value is -4.01. The van der Waals surface area contributed by atoms with Crippen molar-refractivity contribution in [2.75, 3.05) is 43.3 Å². The van der Waals surface area contributed by atoms with E-state index in [2.05, 4.69) is 56.9 Å². The number of hydrogen-bond donors (Lipinski definition) is 1. The zero-order valence-corrected chi connectivity index (χ0v) is 32.3. The number of methoxy groups -OCH3 is 2. The van der Waals surface area contributed by atoms with Gasteiger partial charge in [-0.1, -0.05) is 30.3 Å². The van der Waals surface area contributed by atoms with E-state index in [1.807, 2.05) is 83.8 Å². The number of anilines is 3. The molecule has 12 heteroatoms. The Morgan fingerprint density at radius 3 is 2.20 bits per heavy atom. The lowest BCUT2D eigenvalue weighted by atomic mass is 10.2. The Morgan fingerprint density at radius 1 is 0.880 bits per heavy atom. The van der Waals surface area contributed by atoms with E-state index < -0.39 is 0 Å². The van der Waals surface area contributed by atoms with E-state index in [0.29, 0.717) is 18.1 Å². The minimum atomic E-state index is -0.228. The van der Waals surface area contributed by atoms with Gasteiger partial charge in [0.1, 0.15) is 30.2 Å². The number of amides is 2. The number of hydrogen-bond acceptors (Lipinski definition) is 9. The lowest BCUT2D eigenvalue weighted by Crippen LogP contribution is -2.46. The molecule has 9 nitrogen and oxygen atoms in total. The molecule has 260 valence electrons. The maximum atomic E-state index is 14.1. The Balaban J connectivity index is 1.33. The second-order valence-electron chi connectivity index (χ2n) is 11.4. The number of ether oxygens (including phenoxy) is 2. The number of fused-ring (bicyclic) bond motifs is 1. The number of nitrogens with one attached hydrogen (secondary N) is 1. The van der Waals surface area contributed by atoms with Gasteiger partial charge >= 0.3 is 0 Å². The predicted octanol–water partition coefficient (Wildman–Crippen LogP) is 8.39. The number of carbonyl (C=O) groups excluding carboxylic acids is 2. The van der Waals surface area contributed by atoms with Gasteiger partial charge in [-0.05, 0) is 101 Å². The van der Waals surface area contributed by atoms with Crippen LogP contribution in [0.15, 0.2) is 97.3 Å². The molecule has 1 aromatic heterocycles. The highest BCUT2D eigenvalue weighted by Crippen LogP contribution is 2.29. The van der Waals surface area contributed by atoms with E-state index in [4.69, 9.17) is 9.47 Å². The Labute approximate surface area is 315 Å². The number of rotatable bonds is 16. The molecule has 5 aromatic rings. The molecule has 0 aliphatic heterocycles. The number of nitrogens with zero attached hydrogens (tertiary/aromatic N) is 4. The summed E-state index contributed by atoms with van der Waals surface area (Å²) in [4.78, 5) is 39.6. The van der Waals surface area contributed by atoms with E-state index >= 15 is 0 Å². The first-order valence-electron chi connectivity index (χ1n) is 16.0. The number of carbonyl (C=O) groups is 2. The highest BCUT2D eigenvalue weighted by atomic mass is 127. The molecular weight excluding hydrogens is 781 g/mol. The number of halogens is 1. The zero-order chi connectivity index (χ0) is 35.5. The molecule has 0 fully saturated rings. The van der Waals surface area contributed by atoms with Crippen molar-refractivity contribution in [1.82, 2.24) is 14.9 Å². The summed E-state index contributed by atoms with van der Waals surface area (Å²) in [6.07, 6.45) is 1.51. The molecule has 2 amide bonds. The highest BCUT2D eigenvalue weighted by molar-refractivity contribution is 14.1. The van der Waals surface area contributed by atoms with E-state index in [1.54, 1.807) is 37.7 Å². The molecule has 0 saturated heterocycles. The molecule has 0 radical (unpaired) electrons. The van der Waals surface area contributed by atoms with Crippen molar-refractivity contribution in [3.8, 4) is 11.5 Å². The van der Waals surface area contributed by atoms with Gasteiger partial charge in [0.15, 0.2) is 0 Å². The lowest BCUT2D eigenvalue weighted by molar-refractivity contribution is -0.131. The molecule has 1 N–H and O–H groups in total. The minimum absolute atomic E-state index is 0.0925. The van der Waals surface area contributed by atoms with Gasteiger partial charge in [-0.3, -0.25) is 9.59 Å². The van der Waals surface area contributed by atoms with Crippen LogP contribution in [0, 0.1) is 3.57 Å². The number of aromatic nitrogens is 2. The number of benzene rings is 4. The normalized spacial score (nSPS) is 11.5. The van der Waals surface area contributed by atoms with Crippen molar-refractivity contribution >= 4 is 86.0 Å². The molecule has 50 heavy (non-hydrogen) atoms. The zero-order valence-electron chi connectivity index (χ0n) is 28.5. The van der Waals surface area contributed by atoms with Crippen LogP contribution in [0.5, 0.6) is 11.5 Å². The summed E-state index contributed by atoms with van der Waals surface area (Å²) in [5.74, 6) is 4.18. The van der Waals surface area contributed by atoms with E-state index in [-0.39, 0.29) is 23.7 Å². The van der Waals surface area contributed by atoms with Gasteiger partial charge in [-0.2, -0.15) is 11.8 Å². The van der Waals surface area contributed by atoms with Gasteiger partial charge in [0.2, 0.25) is 11.8 Å². The second-order valence-corrected chi connectivity index (χ2v) is 15.1. The van der Waals surface area contributed by atoms with Gasteiger partial charge < -0.3 is 24.6 Å². The third-order valence-corrected chi connectivity index (χ3v) is 10.9. The highest BCUT2D eigenvalue weighted by Gasteiger charge is 2.25. The van der Waals surface area contributed by atoms with Gasteiger partial charge in [0, 0.05) is 51.1 Å². The van der Waals surface area contributed by atoms with Crippen molar-refractivity contribution in [3.63, 3.8) is 0 Å². The van der Waals surface area contributed by atoms with Crippen molar-refractivity contribution in [3.05, 3.63) is 112 Å². The van der Waals surface area contributed by atoms with Crippen LogP contribution in [-0.2, 0) is 21.1 Å². The van der Waals surface area contributed by atoms with Crippen LogP contribution in [0.4, 0.5) is 17.2 Å². The molecule has 5 rings (SSSR count). The SMILES string of the molecule is COc1ccc(CSCCN(C(=O)CN(C(C)=O)c2ccc3ncnc(Nc4cccc(I)c4)c3c2)C(C)SCc2ccc(OC)cc2)cc1. The fourth-order valence-electron chi connectivity index (χ4n) is 5.24. The van der Waals surface area contributed by atoms with Crippen LogP contribution < -0.4 is 19.7 Å². The van der Waals surface area contributed by atoms with Gasteiger partial charge in [0.25, 0.3) is 0 Å². The van der Waals surface area contributed by atoms with Gasteiger partial charge in [0.05, 0.1) is 25.1 Å². The largest absolute Gasteiger partial charge is 0.497 e. The first-order valence-corrected chi connectivity index (χ1v) is 19.3. The maximum Gasteiger partial charge on any atom is 0.243 e. The molecule has 0 aliphatic rings. The van der Waals surface area contributed by atoms with Crippen LogP contribution in [0.1, 0.15) is 25.0 Å². The molecule has 0 spiro atoms. The fourth-order valence-corrected chi connectivity index (χ4v) is 7.71. The third kappa shape index (κ3) is 10.3. The van der Waals surface area contributed by atoms with Crippen LogP contribution in [0.2, 0.25) is 0 Å². The molecule has 1 atom stereocenters. The molecule has 0 aliphatic carbocycles. The Bertz CT molecular complexity index is 1900. The van der Waals surface area contributed by atoms with Crippen molar-refractivity contribution in [2.24, 2.45) is 0 Å². The predicted molar refractivity (Wildman–Crippen MR) is 215 cm³/mol. The van der Waals surface area contributed by atoms with Gasteiger partial charge in [-0.15, -0.1) is 11.8 Å². The second kappa shape index (κ2) is 18.3. The summed E-state index contributed by atoms with van der Waals surface area (Å²) in [6.45, 7) is 3.98. The minimum Gasteiger partial charge on any atom is -0.497 e. The average molecular weight is 822 g/mol. The summed E-state index contributed by atoms with van der Waals surface area (Å²) < 4.78 is 11.7. The average Bonchev–Trinajstić information content (AvgIpc) is 3.13. The quantitative estimate of drug-likeness (QED) is 0.0599. The molecule has 0 saturated carbocycles. The van der Waals surface area contributed by atoms with Gasteiger partial charge in [-0.25, -0.2) is 9.97 Å². The van der Waals surface area contributed by atoms with Crippen molar-refractivity contribution in [1.29, 1.82) is 0 Å². The first-order chi connectivity index (χ1) is 24.2. The van der Waals surface area contributed by atoms with Crippen molar-refractivity contribution < 1.29 is 19.1 Å². The maximum absolute atomic E-state index is 14.1. The Morgan fingerprint density at radius 2 is 1.56 bits per heavy atom. The smallest absolute Gasteiger partial charge is 0.243 e. The number of thioether (sulfide) groups is 2. The summed E-state index contributed by atoms with van der Waals surface area (Å²) in [5.41, 5.74) is 4.55. The molecule has 1 heterocycles. The van der Waals surface area contributed by atoms with Crippen LogP contribution in [0.25, 0.3) is 10.9 Å². The van der Waals surface area contributed by atoms with E-state index in [1.165, 1.54) is 23.7 Å². The van der Waals surface area contributed by atoms with E-state index in [9.17, 15) is 9.59 Å². The monoisotopic (exact) mass is 821 g/mol. The summed E-state index contributed by atoms with van der Waals surface area (Å²) in [6, 6.07) is 29.5. The lowest BCUT2D eigenvalue weighted by Gasteiger charge is -2.31. The van der Waals surface area contributed by atoms with Crippen LogP contribution in [0.3, 0.4) is 0 Å². The molecule has 0 bridgehead atoms. The van der Waals surface area contributed by atoms with Crippen LogP contribution >= 0.6 is 46.1 Å². The standard InChI is InChI=1S/C38H40IN5O4S2/c1-26(45)44(32-12-17-36-35(21-32)38(41-25-40-36)42-31-7-5-6-30(39)20-31)22-37(46)43(18-19-49-23-28-8-13-33(47-3)14-9-28)27(2)50-24-29-10-15-34(48-4)16-11-29/h5-17,20-21,25,27H,18-19,22-24H2,1-4H3,(H,40,41,42). The molecular formula is C38H40IN5O4S2. The third-order valence-electron chi connectivity index (χ3n) is 8.01. The summed E-state index contributed by atoms with van der Waals surface area (Å²) in [7, 11) is 3.31. The molecule has 4 aromatic carbocycles. The topological polar surface area (TPSA) is 96.9 Å². The summed E-state index contributed by atoms with van der Waals surface area (Å²) in [5, 5.41) is 4.00. The first kappa shape index (κ1) is 37.3. The fraction of sp³-hybridized carbons (Fsp3) is 0.263. The Kier molecular flexibility index (Phi) is 13.6. The van der Waals surface area contributed by atoms with Crippen molar-refractivity contribution in [2.45, 2.75) is 30.7 Å². The van der Waals surface area contributed by atoms with E-state index in [0.717, 1.165) is 54.5 Å². The molecule has 1 unspecified atom stereocenters.